The van der Waals surface area contributed by atoms with Crippen LogP contribution in [0.5, 0.6) is 0 Å². The molecule has 148 valence electrons. The van der Waals surface area contributed by atoms with Gasteiger partial charge < -0.3 is 34.6 Å². The van der Waals surface area contributed by atoms with Gasteiger partial charge in [0.15, 0.2) is 6.29 Å². The Hall–Kier alpha value is -1.03. The van der Waals surface area contributed by atoms with Crippen LogP contribution in [-0.2, 0) is 19.0 Å². The molecule has 0 aromatic rings. The van der Waals surface area contributed by atoms with Crippen LogP contribution in [0.3, 0.4) is 0 Å². The van der Waals surface area contributed by atoms with Crippen molar-refractivity contribution >= 4 is 5.97 Å². The average molecular weight is 372 g/mol. The monoisotopic (exact) mass is 372 g/mol. The summed E-state index contributed by atoms with van der Waals surface area (Å²) in [4.78, 5) is 12.2. The Morgan fingerprint density at radius 1 is 1.04 bits per heavy atom. The molecule has 1 aliphatic carbocycles. The Labute approximate surface area is 152 Å². The normalized spacial score (nSPS) is 49.0. The second kappa shape index (κ2) is 8.33. The Kier molecular flexibility index (Phi) is 6.32. The van der Waals surface area contributed by atoms with E-state index in [9.17, 15) is 25.2 Å². The molecule has 0 unspecified atom stereocenters. The van der Waals surface area contributed by atoms with Crippen LogP contribution in [0.15, 0.2) is 12.2 Å². The average Bonchev–Trinajstić information content (AvgIpc) is 2.94. The largest absolute Gasteiger partial charge is 0.463 e. The third kappa shape index (κ3) is 4.27. The number of fused-ring (bicyclic) bond motifs is 3. The van der Waals surface area contributed by atoms with Crippen molar-refractivity contribution in [2.75, 3.05) is 6.61 Å². The Morgan fingerprint density at radius 2 is 1.81 bits per heavy atom. The zero-order valence-corrected chi connectivity index (χ0v) is 14.8. The highest BCUT2D eigenvalue weighted by molar-refractivity contribution is 5.69. The van der Waals surface area contributed by atoms with Crippen molar-refractivity contribution in [3.05, 3.63) is 12.2 Å². The molecular formula is C18H28O8. The minimum absolute atomic E-state index is 0.0114. The first-order chi connectivity index (χ1) is 12.4. The maximum Gasteiger partial charge on any atom is 0.306 e. The topological polar surface area (TPSA) is 126 Å². The van der Waals surface area contributed by atoms with Crippen molar-refractivity contribution in [1.29, 1.82) is 0 Å². The van der Waals surface area contributed by atoms with Crippen LogP contribution in [0.25, 0.3) is 0 Å². The summed E-state index contributed by atoms with van der Waals surface area (Å²) < 4.78 is 16.4. The van der Waals surface area contributed by atoms with Crippen LogP contribution in [-0.4, -0.2) is 75.9 Å². The summed E-state index contributed by atoms with van der Waals surface area (Å²) in [5, 5.41) is 40.3. The molecule has 0 radical (unpaired) electrons. The third-order valence-electron chi connectivity index (χ3n) is 5.60. The highest BCUT2D eigenvalue weighted by Crippen LogP contribution is 2.37. The van der Waals surface area contributed by atoms with E-state index in [0.29, 0.717) is 12.8 Å². The van der Waals surface area contributed by atoms with E-state index < -0.39 is 48.9 Å². The summed E-state index contributed by atoms with van der Waals surface area (Å²) in [6.45, 7) is 1.53. The van der Waals surface area contributed by atoms with E-state index in [2.05, 4.69) is 0 Å². The molecule has 0 aromatic heterocycles. The standard InChI is InChI=1S/C18H28O8/c1-9-3-2-4-11-10(5-6-12(11)19)7-14(20)24-8-13-15(21)16(22)17(23)18(25-9)26-13/h2-3,9-13,15-19,21-23H,4-8H2,1H3/b3-2-/t9-,10-,11-,12-,13+,15+,16-,17+,18+/m0/s1. The number of aliphatic hydroxyl groups excluding tert-OH is 4. The molecule has 1 saturated heterocycles. The maximum absolute atomic E-state index is 12.2. The second-order valence-electron chi connectivity index (χ2n) is 7.48. The smallest absolute Gasteiger partial charge is 0.306 e. The van der Waals surface area contributed by atoms with Gasteiger partial charge in [0.25, 0.3) is 0 Å². The molecule has 9 atom stereocenters. The zero-order valence-electron chi connectivity index (χ0n) is 14.8. The first-order valence-corrected chi connectivity index (χ1v) is 9.22. The van der Waals surface area contributed by atoms with Crippen LogP contribution in [0.1, 0.15) is 32.6 Å². The summed E-state index contributed by atoms with van der Waals surface area (Å²) in [7, 11) is 0. The summed E-state index contributed by atoms with van der Waals surface area (Å²) in [6, 6.07) is 0. The fraction of sp³-hybridized carbons (Fsp3) is 0.833. The summed E-state index contributed by atoms with van der Waals surface area (Å²) in [5.41, 5.74) is 0. The summed E-state index contributed by atoms with van der Waals surface area (Å²) in [5.74, 6) is -0.404. The Morgan fingerprint density at radius 3 is 2.58 bits per heavy atom. The third-order valence-corrected chi connectivity index (χ3v) is 5.60. The van der Waals surface area contributed by atoms with E-state index in [1.54, 1.807) is 13.0 Å². The SMILES string of the molecule is C[C@H]1/C=C\C[C@H]2[C@@H](CC[C@@H]2O)CC(=O)OC[C@H]2O[C@@H](O1)[C@H](O)[C@@H](O)[C@@H]2O. The lowest BCUT2D eigenvalue weighted by atomic mass is 9.89. The van der Waals surface area contributed by atoms with Gasteiger partial charge in [-0.1, -0.05) is 12.2 Å². The lowest BCUT2D eigenvalue weighted by Crippen LogP contribution is -2.59. The quantitative estimate of drug-likeness (QED) is 0.331. The van der Waals surface area contributed by atoms with Crippen molar-refractivity contribution in [1.82, 2.24) is 0 Å². The van der Waals surface area contributed by atoms with Gasteiger partial charge in [0.05, 0.1) is 12.2 Å². The van der Waals surface area contributed by atoms with E-state index in [1.807, 2.05) is 6.08 Å². The molecule has 0 spiro atoms. The molecule has 26 heavy (non-hydrogen) atoms. The van der Waals surface area contributed by atoms with Gasteiger partial charge in [-0.3, -0.25) is 4.79 Å². The van der Waals surface area contributed by atoms with Gasteiger partial charge in [-0.25, -0.2) is 0 Å². The number of esters is 1. The number of ether oxygens (including phenoxy) is 3. The van der Waals surface area contributed by atoms with Gasteiger partial charge in [0, 0.05) is 6.42 Å². The molecule has 4 N–H and O–H groups in total. The minimum atomic E-state index is -1.46. The molecule has 2 bridgehead atoms. The number of cyclic esters (lactones) is 1. The van der Waals surface area contributed by atoms with Gasteiger partial charge in [-0.15, -0.1) is 0 Å². The predicted octanol–water partition coefficient (Wildman–Crippen LogP) is -0.521. The molecule has 0 aromatic carbocycles. The highest BCUT2D eigenvalue weighted by atomic mass is 16.7. The fourth-order valence-electron chi connectivity index (χ4n) is 4.03. The molecule has 0 amide bonds. The number of carbonyl (C=O) groups excluding carboxylic acids is 1. The fourth-order valence-corrected chi connectivity index (χ4v) is 4.03. The Balaban J connectivity index is 1.77. The molecule has 2 aliphatic heterocycles. The summed E-state index contributed by atoms with van der Waals surface area (Å²) >= 11 is 0. The first-order valence-electron chi connectivity index (χ1n) is 9.22. The van der Waals surface area contributed by atoms with E-state index in [1.165, 1.54) is 0 Å². The van der Waals surface area contributed by atoms with Crippen molar-refractivity contribution in [3.8, 4) is 0 Å². The molecule has 1 saturated carbocycles. The van der Waals surface area contributed by atoms with E-state index in [4.69, 9.17) is 14.2 Å². The van der Waals surface area contributed by atoms with E-state index in [0.717, 1.165) is 6.42 Å². The minimum Gasteiger partial charge on any atom is -0.463 e. The van der Waals surface area contributed by atoms with Gasteiger partial charge in [-0.05, 0) is 38.0 Å². The molecule has 8 nitrogen and oxygen atoms in total. The highest BCUT2D eigenvalue weighted by Gasteiger charge is 2.45. The lowest BCUT2D eigenvalue weighted by molar-refractivity contribution is -0.307. The second-order valence-corrected chi connectivity index (χ2v) is 7.48. The Bertz CT molecular complexity index is 523. The number of rotatable bonds is 0. The van der Waals surface area contributed by atoms with Gasteiger partial charge >= 0.3 is 5.97 Å². The van der Waals surface area contributed by atoms with Crippen LogP contribution in [0.2, 0.25) is 0 Å². The van der Waals surface area contributed by atoms with Crippen molar-refractivity contribution in [2.45, 2.75) is 75.5 Å². The number of aliphatic hydroxyl groups is 4. The number of hydrogen-bond donors (Lipinski definition) is 4. The van der Waals surface area contributed by atoms with Crippen molar-refractivity contribution < 1.29 is 39.4 Å². The lowest BCUT2D eigenvalue weighted by Gasteiger charge is -2.40. The number of carbonyl (C=O) groups is 1. The van der Waals surface area contributed by atoms with Crippen LogP contribution in [0, 0.1) is 11.8 Å². The zero-order chi connectivity index (χ0) is 18.8. The van der Waals surface area contributed by atoms with Crippen LogP contribution < -0.4 is 0 Å². The molecular weight excluding hydrogens is 344 g/mol. The van der Waals surface area contributed by atoms with Gasteiger partial charge in [0.2, 0.25) is 0 Å². The van der Waals surface area contributed by atoms with Gasteiger partial charge in [-0.2, -0.15) is 0 Å². The molecule has 8 heteroatoms. The summed E-state index contributed by atoms with van der Waals surface area (Å²) in [6.07, 6.45) is -1.33. The van der Waals surface area contributed by atoms with E-state index >= 15 is 0 Å². The van der Waals surface area contributed by atoms with Crippen molar-refractivity contribution in [3.63, 3.8) is 0 Å². The van der Waals surface area contributed by atoms with Crippen LogP contribution >= 0.6 is 0 Å². The van der Waals surface area contributed by atoms with Gasteiger partial charge in [0.1, 0.15) is 31.0 Å². The van der Waals surface area contributed by atoms with Crippen LogP contribution in [0.4, 0.5) is 0 Å². The molecule has 3 aliphatic rings. The number of hydrogen-bond acceptors (Lipinski definition) is 8. The molecule has 2 heterocycles. The number of allylic oxidation sites excluding steroid dienone is 1. The first kappa shape index (κ1) is 19.7. The molecule has 3 rings (SSSR count). The predicted molar refractivity (Wildman–Crippen MR) is 88.8 cm³/mol. The molecule has 2 fully saturated rings. The van der Waals surface area contributed by atoms with E-state index in [-0.39, 0.29) is 24.9 Å². The van der Waals surface area contributed by atoms with Crippen molar-refractivity contribution in [2.24, 2.45) is 11.8 Å². The maximum atomic E-state index is 12.2.